The lowest BCUT2D eigenvalue weighted by molar-refractivity contribution is -0.119. The summed E-state index contributed by atoms with van der Waals surface area (Å²) < 4.78 is 13.9. The molecule has 2 rings (SSSR count). The largest absolute Gasteiger partial charge is 0.395 e. The van der Waals surface area contributed by atoms with Crippen molar-refractivity contribution in [1.29, 1.82) is 0 Å². The minimum Gasteiger partial charge on any atom is -0.395 e. The van der Waals surface area contributed by atoms with Crippen LogP contribution in [0.5, 0.6) is 0 Å². The SMILES string of the molecule is CC(C(=O)Nc1ccc(C#CCCO)cc1F)C1CC1. The molecular formula is C16H18FNO2. The van der Waals surface area contributed by atoms with E-state index < -0.39 is 5.82 Å². The van der Waals surface area contributed by atoms with Gasteiger partial charge in [-0.3, -0.25) is 4.79 Å². The predicted octanol–water partition coefficient (Wildman–Crippen LogP) is 2.54. The minimum absolute atomic E-state index is 0.0112. The summed E-state index contributed by atoms with van der Waals surface area (Å²) in [6.07, 6.45) is 2.52. The first-order valence-electron chi connectivity index (χ1n) is 6.82. The van der Waals surface area contributed by atoms with Crippen LogP contribution in [0.3, 0.4) is 0 Å². The molecule has 0 saturated heterocycles. The van der Waals surface area contributed by atoms with Crippen LogP contribution in [0.2, 0.25) is 0 Å². The minimum atomic E-state index is -0.489. The molecule has 4 heteroatoms. The normalized spacial score (nSPS) is 15.2. The third kappa shape index (κ3) is 3.82. The van der Waals surface area contributed by atoms with Crippen LogP contribution in [-0.2, 0) is 4.79 Å². The zero-order valence-corrected chi connectivity index (χ0v) is 11.4. The number of amides is 1. The van der Waals surface area contributed by atoms with E-state index in [-0.39, 0.29) is 24.1 Å². The molecule has 1 aromatic rings. The number of anilines is 1. The van der Waals surface area contributed by atoms with Gasteiger partial charge in [0.05, 0.1) is 12.3 Å². The van der Waals surface area contributed by atoms with Crippen molar-refractivity contribution >= 4 is 11.6 Å². The van der Waals surface area contributed by atoms with E-state index in [9.17, 15) is 9.18 Å². The van der Waals surface area contributed by atoms with Crippen molar-refractivity contribution in [3.05, 3.63) is 29.6 Å². The van der Waals surface area contributed by atoms with Crippen LogP contribution in [0, 0.1) is 29.5 Å². The van der Waals surface area contributed by atoms with E-state index in [4.69, 9.17) is 5.11 Å². The van der Waals surface area contributed by atoms with Gasteiger partial charge >= 0.3 is 0 Å². The van der Waals surface area contributed by atoms with E-state index >= 15 is 0 Å². The van der Waals surface area contributed by atoms with Gasteiger partial charge in [-0.1, -0.05) is 18.8 Å². The Kier molecular flexibility index (Phi) is 4.75. The Morgan fingerprint density at radius 1 is 1.55 bits per heavy atom. The smallest absolute Gasteiger partial charge is 0.227 e. The number of carbonyl (C=O) groups is 1. The molecule has 0 aromatic heterocycles. The zero-order chi connectivity index (χ0) is 14.5. The van der Waals surface area contributed by atoms with Crippen molar-refractivity contribution in [2.45, 2.75) is 26.2 Å². The third-order valence-electron chi connectivity index (χ3n) is 3.44. The summed E-state index contributed by atoms with van der Waals surface area (Å²) in [5.41, 5.74) is 0.722. The number of nitrogens with one attached hydrogen (secondary N) is 1. The summed E-state index contributed by atoms with van der Waals surface area (Å²) >= 11 is 0. The lowest BCUT2D eigenvalue weighted by Gasteiger charge is -2.11. The van der Waals surface area contributed by atoms with E-state index in [1.807, 2.05) is 6.92 Å². The van der Waals surface area contributed by atoms with Gasteiger partial charge in [-0.2, -0.15) is 0 Å². The molecule has 0 spiro atoms. The number of hydrogen-bond donors (Lipinski definition) is 2. The maximum atomic E-state index is 13.9. The lowest BCUT2D eigenvalue weighted by Crippen LogP contribution is -2.22. The molecule has 1 saturated carbocycles. The first kappa shape index (κ1) is 14.5. The molecule has 0 bridgehead atoms. The highest BCUT2D eigenvalue weighted by Crippen LogP contribution is 2.37. The molecule has 1 amide bonds. The molecule has 1 aromatic carbocycles. The van der Waals surface area contributed by atoms with Crippen molar-refractivity contribution < 1.29 is 14.3 Å². The molecule has 1 atom stereocenters. The van der Waals surface area contributed by atoms with Crippen molar-refractivity contribution in [2.75, 3.05) is 11.9 Å². The van der Waals surface area contributed by atoms with Crippen molar-refractivity contribution in [2.24, 2.45) is 11.8 Å². The molecule has 1 fully saturated rings. The summed E-state index contributed by atoms with van der Waals surface area (Å²) in [5, 5.41) is 11.2. The van der Waals surface area contributed by atoms with E-state index in [0.29, 0.717) is 17.9 Å². The van der Waals surface area contributed by atoms with Gasteiger partial charge in [0.2, 0.25) is 5.91 Å². The topological polar surface area (TPSA) is 49.3 Å². The summed E-state index contributed by atoms with van der Waals surface area (Å²) in [6, 6.07) is 4.47. The van der Waals surface area contributed by atoms with E-state index in [1.54, 1.807) is 6.07 Å². The molecule has 1 unspecified atom stereocenters. The average Bonchev–Trinajstić information content (AvgIpc) is 3.25. The van der Waals surface area contributed by atoms with Crippen molar-refractivity contribution in [3.63, 3.8) is 0 Å². The Hall–Kier alpha value is -1.86. The molecule has 0 aliphatic heterocycles. The summed E-state index contributed by atoms with van der Waals surface area (Å²) in [6.45, 7) is 1.86. The maximum absolute atomic E-state index is 13.9. The number of aliphatic hydroxyl groups excluding tert-OH is 1. The molecule has 3 nitrogen and oxygen atoms in total. The Balaban J connectivity index is 2.02. The first-order chi connectivity index (χ1) is 9.61. The predicted molar refractivity (Wildman–Crippen MR) is 75.5 cm³/mol. The second kappa shape index (κ2) is 6.53. The Labute approximate surface area is 118 Å². The second-order valence-corrected chi connectivity index (χ2v) is 5.09. The highest BCUT2D eigenvalue weighted by atomic mass is 19.1. The van der Waals surface area contributed by atoms with Crippen molar-refractivity contribution in [1.82, 2.24) is 0 Å². The highest BCUT2D eigenvalue weighted by Gasteiger charge is 2.32. The lowest BCUT2D eigenvalue weighted by atomic mass is 10.1. The third-order valence-corrected chi connectivity index (χ3v) is 3.44. The fourth-order valence-corrected chi connectivity index (χ4v) is 1.97. The summed E-state index contributed by atoms with van der Waals surface area (Å²) in [4.78, 5) is 11.9. The molecule has 106 valence electrons. The highest BCUT2D eigenvalue weighted by molar-refractivity contribution is 5.92. The average molecular weight is 275 g/mol. The second-order valence-electron chi connectivity index (χ2n) is 5.09. The van der Waals surface area contributed by atoms with Gasteiger partial charge in [-0.25, -0.2) is 4.39 Å². The van der Waals surface area contributed by atoms with Crippen LogP contribution in [0.4, 0.5) is 10.1 Å². The Morgan fingerprint density at radius 3 is 2.90 bits per heavy atom. The number of hydrogen-bond acceptors (Lipinski definition) is 2. The molecule has 1 aliphatic rings. The van der Waals surface area contributed by atoms with Crippen LogP contribution >= 0.6 is 0 Å². The Bertz CT molecular complexity index is 555. The number of benzene rings is 1. The molecule has 2 N–H and O–H groups in total. The van der Waals surface area contributed by atoms with Crippen LogP contribution in [0.15, 0.2) is 18.2 Å². The standard InChI is InChI=1S/C16H18FNO2/c1-11(13-6-7-13)16(20)18-15-8-5-12(10-14(15)17)4-2-3-9-19/h5,8,10-11,13,19H,3,6-7,9H2,1H3,(H,18,20). The van der Waals surface area contributed by atoms with Crippen LogP contribution < -0.4 is 5.32 Å². The van der Waals surface area contributed by atoms with Crippen molar-refractivity contribution in [3.8, 4) is 11.8 Å². The van der Waals surface area contributed by atoms with E-state index in [1.165, 1.54) is 12.1 Å². The number of halogens is 1. The van der Waals surface area contributed by atoms with E-state index in [2.05, 4.69) is 17.2 Å². The first-order valence-corrected chi connectivity index (χ1v) is 6.82. The van der Waals surface area contributed by atoms with E-state index in [0.717, 1.165) is 12.8 Å². The fraction of sp³-hybridized carbons (Fsp3) is 0.438. The molecule has 0 heterocycles. The number of carbonyl (C=O) groups excluding carboxylic acids is 1. The number of aliphatic hydroxyl groups is 1. The fourth-order valence-electron chi connectivity index (χ4n) is 1.97. The summed E-state index contributed by atoms with van der Waals surface area (Å²) in [5.74, 6) is 5.23. The van der Waals surface area contributed by atoms with Gasteiger partial charge < -0.3 is 10.4 Å². The van der Waals surface area contributed by atoms with Gasteiger partial charge in [0.25, 0.3) is 0 Å². The molecule has 20 heavy (non-hydrogen) atoms. The Morgan fingerprint density at radius 2 is 2.30 bits per heavy atom. The van der Waals surface area contributed by atoms with Crippen LogP contribution in [0.25, 0.3) is 0 Å². The maximum Gasteiger partial charge on any atom is 0.227 e. The monoisotopic (exact) mass is 275 g/mol. The van der Waals surface area contributed by atoms with Gasteiger partial charge in [-0.15, -0.1) is 0 Å². The quantitative estimate of drug-likeness (QED) is 0.830. The molecular weight excluding hydrogens is 257 g/mol. The molecule has 1 aliphatic carbocycles. The van der Waals surface area contributed by atoms with Gasteiger partial charge in [0.15, 0.2) is 0 Å². The van der Waals surface area contributed by atoms with Crippen LogP contribution in [0.1, 0.15) is 31.7 Å². The van der Waals surface area contributed by atoms with Gasteiger partial charge in [0, 0.05) is 17.9 Å². The molecule has 0 radical (unpaired) electrons. The summed E-state index contributed by atoms with van der Waals surface area (Å²) in [7, 11) is 0. The number of rotatable bonds is 4. The van der Waals surface area contributed by atoms with Crippen LogP contribution in [-0.4, -0.2) is 17.6 Å². The van der Waals surface area contributed by atoms with Gasteiger partial charge in [0.1, 0.15) is 5.82 Å². The van der Waals surface area contributed by atoms with Gasteiger partial charge in [-0.05, 0) is 37.0 Å². The zero-order valence-electron chi connectivity index (χ0n) is 11.4.